The van der Waals surface area contributed by atoms with Crippen LogP contribution >= 0.6 is 0 Å². The molecule has 0 fully saturated rings. The van der Waals surface area contributed by atoms with Gasteiger partial charge in [-0.2, -0.15) is 0 Å². The molecule has 136 valence electrons. The first-order valence-corrected chi connectivity index (χ1v) is 9.14. The van der Waals surface area contributed by atoms with Gasteiger partial charge in [0.25, 0.3) is 0 Å². The fourth-order valence-electron chi connectivity index (χ4n) is 3.52. The Labute approximate surface area is 156 Å². The number of fused-ring (bicyclic) bond motifs is 2. The van der Waals surface area contributed by atoms with Crippen LogP contribution in [0.4, 0.5) is 5.69 Å². The predicted molar refractivity (Wildman–Crippen MR) is 109 cm³/mol. The van der Waals surface area contributed by atoms with Crippen molar-refractivity contribution in [2.24, 2.45) is 0 Å². The maximum atomic E-state index is 12.5. The van der Waals surface area contributed by atoms with E-state index in [1.165, 1.54) is 0 Å². The number of nitrogens with zero attached hydrogens (tertiary/aromatic N) is 1. The number of rotatable bonds is 5. The van der Waals surface area contributed by atoms with Gasteiger partial charge in [0.1, 0.15) is 6.54 Å². The molecule has 1 amide bonds. The molecule has 4 rings (SSSR count). The molecule has 0 bridgehead atoms. The van der Waals surface area contributed by atoms with Gasteiger partial charge in [0.2, 0.25) is 11.5 Å². The lowest BCUT2D eigenvalue weighted by molar-refractivity contribution is -0.116. The normalized spacial score (nSPS) is 11.1. The molecule has 0 aliphatic heterocycles. The molecule has 0 unspecified atom stereocenters. The number of benzene rings is 2. The Morgan fingerprint density at radius 2 is 1.96 bits per heavy atom. The second kappa shape index (κ2) is 7.11. The highest BCUT2D eigenvalue weighted by Crippen LogP contribution is 2.21. The fourth-order valence-corrected chi connectivity index (χ4v) is 3.52. The maximum Gasteiger partial charge on any atom is 0.248 e. The molecule has 0 spiro atoms. The number of aromatic nitrogens is 2. The van der Waals surface area contributed by atoms with Gasteiger partial charge >= 0.3 is 0 Å². The summed E-state index contributed by atoms with van der Waals surface area (Å²) < 4.78 is 1.92. The SMILES string of the molecule is CCCc1cc(=O)[nH]c2cc(NC(=O)Cn3ccc4ccccc43)ccc12. The number of nitrogens with one attached hydrogen (secondary N) is 2. The van der Waals surface area contributed by atoms with Crippen LogP contribution in [0.5, 0.6) is 0 Å². The first-order chi connectivity index (χ1) is 13.1. The molecule has 0 saturated heterocycles. The molecule has 0 aliphatic carbocycles. The highest BCUT2D eigenvalue weighted by Gasteiger charge is 2.08. The number of carbonyl (C=O) groups excluding carboxylic acids is 1. The summed E-state index contributed by atoms with van der Waals surface area (Å²) in [5, 5.41) is 5.05. The minimum absolute atomic E-state index is 0.109. The molecular weight excluding hydrogens is 338 g/mol. The highest BCUT2D eigenvalue weighted by atomic mass is 16.2. The van der Waals surface area contributed by atoms with E-state index in [4.69, 9.17) is 0 Å². The summed E-state index contributed by atoms with van der Waals surface area (Å²) in [7, 11) is 0. The number of aromatic amines is 1. The van der Waals surface area contributed by atoms with E-state index in [0.29, 0.717) is 5.69 Å². The molecule has 0 atom stereocenters. The van der Waals surface area contributed by atoms with Crippen molar-refractivity contribution in [3.63, 3.8) is 0 Å². The third-order valence-corrected chi connectivity index (χ3v) is 4.73. The van der Waals surface area contributed by atoms with Gasteiger partial charge in [-0.15, -0.1) is 0 Å². The summed E-state index contributed by atoms with van der Waals surface area (Å²) in [5.74, 6) is -0.109. The van der Waals surface area contributed by atoms with Crippen molar-refractivity contribution in [3.05, 3.63) is 76.7 Å². The van der Waals surface area contributed by atoms with Crippen LogP contribution in [0.1, 0.15) is 18.9 Å². The van der Waals surface area contributed by atoms with Crippen molar-refractivity contribution in [1.29, 1.82) is 0 Å². The largest absolute Gasteiger partial charge is 0.338 e. The number of pyridine rings is 1. The molecule has 5 nitrogen and oxygen atoms in total. The molecule has 0 radical (unpaired) electrons. The molecule has 2 heterocycles. The third kappa shape index (κ3) is 3.49. The van der Waals surface area contributed by atoms with Gasteiger partial charge in [-0.05, 0) is 41.6 Å². The minimum Gasteiger partial charge on any atom is -0.338 e. The topological polar surface area (TPSA) is 66.9 Å². The summed E-state index contributed by atoms with van der Waals surface area (Å²) in [6.07, 6.45) is 3.74. The van der Waals surface area contributed by atoms with Crippen LogP contribution in [0, 0.1) is 0 Å². The Kier molecular flexibility index (Phi) is 4.50. The lowest BCUT2D eigenvalue weighted by Gasteiger charge is -2.10. The third-order valence-electron chi connectivity index (χ3n) is 4.73. The van der Waals surface area contributed by atoms with Gasteiger partial charge in [-0.1, -0.05) is 37.6 Å². The second-order valence-corrected chi connectivity index (χ2v) is 6.72. The first kappa shape index (κ1) is 17.1. The number of aryl methyl sites for hydroxylation is 1. The summed E-state index contributed by atoms with van der Waals surface area (Å²) in [5.41, 5.74) is 3.37. The smallest absolute Gasteiger partial charge is 0.248 e. The van der Waals surface area contributed by atoms with Crippen molar-refractivity contribution in [2.45, 2.75) is 26.3 Å². The molecule has 5 heteroatoms. The summed E-state index contributed by atoms with van der Waals surface area (Å²) in [4.78, 5) is 27.3. The van der Waals surface area contributed by atoms with E-state index in [2.05, 4.69) is 17.2 Å². The van der Waals surface area contributed by atoms with E-state index in [9.17, 15) is 9.59 Å². The van der Waals surface area contributed by atoms with Crippen molar-refractivity contribution >= 4 is 33.4 Å². The van der Waals surface area contributed by atoms with E-state index in [0.717, 1.165) is 40.2 Å². The molecule has 2 aromatic heterocycles. The minimum atomic E-state index is -0.117. The van der Waals surface area contributed by atoms with E-state index >= 15 is 0 Å². The van der Waals surface area contributed by atoms with Gasteiger partial charge in [0.15, 0.2) is 0 Å². The van der Waals surface area contributed by atoms with Gasteiger partial charge in [0.05, 0.1) is 5.52 Å². The molecule has 0 saturated carbocycles. The monoisotopic (exact) mass is 359 g/mol. The number of hydrogen-bond acceptors (Lipinski definition) is 2. The van der Waals surface area contributed by atoms with Crippen molar-refractivity contribution in [3.8, 4) is 0 Å². The molecule has 27 heavy (non-hydrogen) atoms. The highest BCUT2D eigenvalue weighted by molar-refractivity contribution is 5.94. The Balaban J connectivity index is 1.57. The number of hydrogen-bond donors (Lipinski definition) is 2. The summed E-state index contributed by atoms with van der Waals surface area (Å²) in [6, 6.07) is 17.3. The molecule has 4 aromatic rings. The van der Waals surface area contributed by atoms with Gasteiger partial charge in [0, 0.05) is 28.9 Å². The average molecular weight is 359 g/mol. The van der Waals surface area contributed by atoms with E-state index in [-0.39, 0.29) is 18.0 Å². The molecule has 2 N–H and O–H groups in total. The maximum absolute atomic E-state index is 12.5. The molecular formula is C22H21N3O2. The second-order valence-electron chi connectivity index (χ2n) is 6.72. The van der Waals surface area contributed by atoms with Crippen LogP contribution < -0.4 is 10.9 Å². The fraction of sp³-hybridized carbons (Fsp3) is 0.182. The van der Waals surface area contributed by atoms with Crippen LogP contribution in [-0.4, -0.2) is 15.5 Å². The van der Waals surface area contributed by atoms with Gasteiger partial charge in [-0.3, -0.25) is 9.59 Å². The zero-order chi connectivity index (χ0) is 18.8. The van der Waals surface area contributed by atoms with Crippen molar-refractivity contribution in [2.75, 3.05) is 5.32 Å². The molecule has 2 aromatic carbocycles. The summed E-state index contributed by atoms with van der Waals surface area (Å²) in [6.45, 7) is 2.32. The number of para-hydroxylation sites is 1. The number of anilines is 1. The van der Waals surface area contributed by atoms with E-state index in [1.807, 2.05) is 59.3 Å². The van der Waals surface area contributed by atoms with Crippen LogP contribution in [-0.2, 0) is 17.8 Å². The van der Waals surface area contributed by atoms with Crippen molar-refractivity contribution in [1.82, 2.24) is 9.55 Å². The van der Waals surface area contributed by atoms with Crippen LogP contribution in [0.2, 0.25) is 0 Å². The van der Waals surface area contributed by atoms with Crippen LogP contribution in [0.25, 0.3) is 21.8 Å². The summed E-state index contributed by atoms with van der Waals surface area (Å²) >= 11 is 0. The lowest BCUT2D eigenvalue weighted by atomic mass is 10.0. The number of carbonyl (C=O) groups is 1. The number of amides is 1. The van der Waals surface area contributed by atoms with Gasteiger partial charge in [-0.25, -0.2) is 0 Å². The average Bonchev–Trinajstić information content (AvgIpc) is 3.04. The Morgan fingerprint density at radius 1 is 1.11 bits per heavy atom. The zero-order valence-electron chi connectivity index (χ0n) is 15.2. The Bertz CT molecular complexity index is 1190. The Morgan fingerprint density at radius 3 is 2.81 bits per heavy atom. The van der Waals surface area contributed by atoms with Crippen LogP contribution in [0.15, 0.2) is 65.6 Å². The molecule has 0 aliphatic rings. The predicted octanol–water partition coefficient (Wildman–Crippen LogP) is 4.07. The zero-order valence-corrected chi connectivity index (χ0v) is 15.2. The van der Waals surface area contributed by atoms with E-state index < -0.39 is 0 Å². The van der Waals surface area contributed by atoms with Crippen LogP contribution in [0.3, 0.4) is 0 Å². The van der Waals surface area contributed by atoms with E-state index in [1.54, 1.807) is 6.07 Å². The standard InChI is InChI=1S/C22H21N3O2/c1-2-5-16-12-21(26)24-19-13-17(8-9-18(16)19)23-22(27)14-25-11-10-15-6-3-4-7-20(15)25/h3-4,6-13H,2,5,14H2,1H3,(H,23,27)(H,24,26). The Hall–Kier alpha value is -3.34. The first-order valence-electron chi connectivity index (χ1n) is 9.14. The van der Waals surface area contributed by atoms with Gasteiger partial charge < -0.3 is 14.9 Å². The number of H-pyrrole nitrogens is 1. The quantitative estimate of drug-likeness (QED) is 0.564. The van der Waals surface area contributed by atoms with Crippen molar-refractivity contribution < 1.29 is 4.79 Å². The lowest BCUT2D eigenvalue weighted by Crippen LogP contribution is -2.18.